The highest BCUT2D eigenvalue weighted by molar-refractivity contribution is 9.10. The molecule has 0 saturated heterocycles. The lowest BCUT2D eigenvalue weighted by molar-refractivity contribution is -0.130. The highest BCUT2D eigenvalue weighted by Gasteiger charge is 2.12. The maximum atomic E-state index is 11.8. The Bertz CT molecular complexity index is 435. The number of phenolic OH excluding ortho intramolecular Hbond substituents is 1. The molecule has 1 aromatic rings. The van der Waals surface area contributed by atoms with Crippen LogP contribution >= 0.6 is 15.9 Å². The number of hydrogen-bond donors (Lipinski definition) is 1. The molecule has 0 unspecified atom stereocenters. The van der Waals surface area contributed by atoms with Crippen molar-refractivity contribution < 1.29 is 9.90 Å². The summed E-state index contributed by atoms with van der Waals surface area (Å²) in [7, 11) is 3.53. The Hall–Kier alpha value is -1.07. The highest BCUT2D eigenvalue weighted by atomic mass is 79.9. The first-order chi connectivity index (χ1) is 8.93. The monoisotopic (exact) mass is 328 g/mol. The van der Waals surface area contributed by atoms with Crippen molar-refractivity contribution in [2.75, 3.05) is 27.2 Å². The van der Waals surface area contributed by atoms with Crippen LogP contribution in [0.3, 0.4) is 0 Å². The predicted octanol–water partition coefficient (Wildman–Crippen LogP) is 2.45. The Morgan fingerprint density at radius 3 is 2.58 bits per heavy atom. The molecule has 1 amide bonds. The van der Waals surface area contributed by atoms with E-state index >= 15 is 0 Å². The number of benzene rings is 1. The molecule has 0 spiro atoms. The SMILES string of the molecule is CCCN(CC(=O)N(C)C)Cc1ccc(O)c(Br)c1. The molecular formula is C14H21BrN2O2. The second kappa shape index (κ2) is 7.50. The summed E-state index contributed by atoms with van der Waals surface area (Å²) in [5.74, 6) is 0.335. The van der Waals surface area contributed by atoms with E-state index in [0.717, 1.165) is 18.5 Å². The zero-order chi connectivity index (χ0) is 14.4. The summed E-state index contributed by atoms with van der Waals surface area (Å²) in [4.78, 5) is 15.5. The number of aromatic hydroxyl groups is 1. The van der Waals surface area contributed by atoms with Gasteiger partial charge in [-0.3, -0.25) is 9.69 Å². The molecule has 0 aliphatic rings. The lowest BCUT2D eigenvalue weighted by Crippen LogP contribution is -2.36. The Labute approximate surface area is 123 Å². The van der Waals surface area contributed by atoms with Gasteiger partial charge in [0.25, 0.3) is 0 Å². The first kappa shape index (κ1) is 16.0. The quantitative estimate of drug-likeness (QED) is 0.872. The lowest BCUT2D eigenvalue weighted by Gasteiger charge is -2.23. The van der Waals surface area contributed by atoms with Crippen molar-refractivity contribution in [1.82, 2.24) is 9.80 Å². The zero-order valence-corrected chi connectivity index (χ0v) is 13.3. The molecular weight excluding hydrogens is 308 g/mol. The molecule has 1 aromatic carbocycles. The van der Waals surface area contributed by atoms with Crippen LogP contribution in [0.15, 0.2) is 22.7 Å². The van der Waals surface area contributed by atoms with Gasteiger partial charge in [-0.1, -0.05) is 13.0 Å². The molecule has 1 N–H and O–H groups in total. The van der Waals surface area contributed by atoms with Gasteiger partial charge < -0.3 is 10.0 Å². The van der Waals surface area contributed by atoms with Gasteiger partial charge in [-0.2, -0.15) is 0 Å². The molecule has 4 nitrogen and oxygen atoms in total. The van der Waals surface area contributed by atoms with Crippen molar-refractivity contribution in [3.8, 4) is 5.75 Å². The van der Waals surface area contributed by atoms with Crippen molar-refractivity contribution in [3.63, 3.8) is 0 Å². The van der Waals surface area contributed by atoms with Gasteiger partial charge in [-0.25, -0.2) is 0 Å². The fourth-order valence-corrected chi connectivity index (χ4v) is 2.20. The molecule has 0 bridgehead atoms. The van der Waals surface area contributed by atoms with Crippen molar-refractivity contribution in [2.24, 2.45) is 0 Å². The van der Waals surface area contributed by atoms with Crippen LogP contribution in [-0.2, 0) is 11.3 Å². The topological polar surface area (TPSA) is 43.8 Å². The molecule has 0 radical (unpaired) electrons. The minimum absolute atomic E-state index is 0.103. The smallest absolute Gasteiger partial charge is 0.236 e. The van der Waals surface area contributed by atoms with Gasteiger partial charge in [0.05, 0.1) is 11.0 Å². The average molecular weight is 329 g/mol. The Morgan fingerprint density at radius 2 is 2.05 bits per heavy atom. The van der Waals surface area contributed by atoms with E-state index in [0.29, 0.717) is 17.6 Å². The first-order valence-electron chi connectivity index (χ1n) is 6.34. The van der Waals surface area contributed by atoms with Gasteiger partial charge in [0.2, 0.25) is 5.91 Å². The fourth-order valence-electron chi connectivity index (χ4n) is 1.77. The Morgan fingerprint density at radius 1 is 1.37 bits per heavy atom. The summed E-state index contributed by atoms with van der Waals surface area (Å²) >= 11 is 3.31. The number of phenols is 1. The standard InChI is InChI=1S/C14H21BrN2O2/c1-4-7-17(10-14(19)16(2)3)9-11-5-6-13(18)12(15)8-11/h5-6,8,18H,4,7,9-10H2,1-3H3. The van der Waals surface area contributed by atoms with Crippen LogP contribution in [0.5, 0.6) is 5.75 Å². The molecule has 19 heavy (non-hydrogen) atoms. The van der Waals surface area contributed by atoms with E-state index in [2.05, 4.69) is 27.8 Å². The summed E-state index contributed by atoms with van der Waals surface area (Å²) in [6.07, 6.45) is 1.000. The molecule has 106 valence electrons. The minimum Gasteiger partial charge on any atom is -0.507 e. The number of nitrogens with zero attached hydrogens (tertiary/aromatic N) is 2. The van der Waals surface area contributed by atoms with Crippen molar-refractivity contribution >= 4 is 21.8 Å². The second-order valence-electron chi connectivity index (χ2n) is 4.78. The van der Waals surface area contributed by atoms with Gasteiger partial charge in [0.1, 0.15) is 5.75 Å². The van der Waals surface area contributed by atoms with Crippen LogP contribution in [0, 0.1) is 0 Å². The summed E-state index contributed by atoms with van der Waals surface area (Å²) in [5.41, 5.74) is 1.07. The third kappa shape index (κ3) is 5.20. The van der Waals surface area contributed by atoms with E-state index < -0.39 is 0 Å². The minimum atomic E-state index is 0.103. The summed E-state index contributed by atoms with van der Waals surface area (Å²) in [6, 6.07) is 5.43. The maximum Gasteiger partial charge on any atom is 0.236 e. The third-order valence-corrected chi connectivity index (χ3v) is 3.45. The van der Waals surface area contributed by atoms with Crippen molar-refractivity contribution in [2.45, 2.75) is 19.9 Å². The number of amides is 1. The molecule has 0 fully saturated rings. The number of halogens is 1. The van der Waals surface area contributed by atoms with Gasteiger partial charge in [0, 0.05) is 20.6 Å². The number of carbonyl (C=O) groups excluding carboxylic acids is 1. The zero-order valence-electron chi connectivity index (χ0n) is 11.7. The van der Waals surface area contributed by atoms with E-state index in [1.54, 1.807) is 25.1 Å². The van der Waals surface area contributed by atoms with Crippen molar-refractivity contribution in [1.29, 1.82) is 0 Å². The normalized spacial score (nSPS) is 10.8. The molecule has 0 aliphatic carbocycles. The molecule has 0 aromatic heterocycles. The predicted molar refractivity (Wildman–Crippen MR) is 80.1 cm³/mol. The molecule has 0 aliphatic heterocycles. The molecule has 0 saturated carbocycles. The van der Waals surface area contributed by atoms with Gasteiger partial charge >= 0.3 is 0 Å². The molecule has 5 heteroatoms. The number of rotatable bonds is 6. The first-order valence-corrected chi connectivity index (χ1v) is 7.13. The largest absolute Gasteiger partial charge is 0.507 e. The summed E-state index contributed by atoms with van der Waals surface area (Å²) < 4.78 is 0.681. The third-order valence-electron chi connectivity index (χ3n) is 2.82. The van der Waals surface area contributed by atoms with Crippen LogP contribution in [0.2, 0.25) is 0 Å². The van der Waals surface area contributed by atoms with E-state index in [9.17, 15) is 9.90 Å². The van der Waals surface area contributed by atoms with E-state index in [-0.39, 0.29) is 11.7 Å². The van der Waals surface area contributed by atoms with Crippen LogP contribution in [0.25, 0.3) is 0 Å². The van der Waals surface area contributed by atoms with Crippen molar-refractivity contribution in [3.05, 3.63) is 28.2 Å². The van der Waals surface area contributed by atoms with E-state index in [4.69, 9.17) is 0 Å². The van der Waals surface area contributed by atoms with Gasteiger partial charge in [-0.15, -0.1) is 0 Å². The Balaban J connectivity index is 2.71. The maximum absolute atomic E-state index is 11.8. The number of carbonyl (C=O) groups is 1. The van der Waals surface area contributed by atoms with Crippen LogP contribution in [0.1, 0.15) is 18.9 Å². The van der Waals surface area contributed by atoms with E-state index in [1.165, 1.54) is 0 Å². The number of likely N-dealkylation sites (N-methyl/N-ethyl adjacent to an activating group) is 1. The average Bonchev–Trinajstić information content (AvgIpc) is 2.34. The second-order valence-corrected chi connectivity index (χ2v) is 5.64. The summed E-state index contributed by atoms with van der Waals surface area (Å²) in [5, 5.41) is 9.48. The molecule has 0 atom stereocenters. The fraction of sp³-hybridized carbons (Fsp3) is 0.500. The van der Waals surface area contributed by atoms with Crippen LogP contribution < -0.4 is 0 Å². The summed E-state index contributed by atoms with van der Waals surface area (Å²) in [6.45, 7) is 4.09. The number of hydrogen-bond acceptors (Lipinski definition) is 3. The van der Waals surface area contributed by atoms with Gasteiger partial charge in [0.15, 0.2) is 0 Å². The van der Waals surface area contributed by atoms with E-state index in [1.807, 2.05) is 12.1 Å². The Kier molecular flexibility index (Phi) is 6.31. The molecule has 0 heterocycles. The van der Waals surface area contributed by atoms with Crippen LogP contribution in [0.4, 0.5) is 0 Å². The highest BCUT2D eigenvalue weighted by Crippen LogP contribution is 2.24. The van der Waals surface area contributed by atoms with Gasteiger partial charge in [-0.05, 0) is 46.6 Å². The van der Waals surface area contributed by atoms with Crippen LogP contribution in [-0.4, -0.2) is 48.0 Å². The molecule has 1 rings (SSSR count). The lowest BCUT2D eigenvalue weighted by atomic mass is 10.2.